The van der Waals surface area contributed by atoms with E-state index in [0.29, 0.717) is 0 Å². The molecule has 0 saturated carbocycles. The van der Waals surface area contributed by atoms with Crippen molar-refractivity contribution < 1.29 is 0 Å². The molecule has 119 valence electrons. The number of hydrogen-bond donors (Lipinski definition) is 0. The molecule has 0 aromatic rings. The maximum absolute atomic E-state index is 4.78. The van der Waals surface area contributed by atoms with E-state index in [-0.39, 0.29) is 0 Å². The molecule has 0 unspecified atom stereocenters. The van der Waals surface area contributed by atoms with Gasteiger partial charge in [0, 0.05) is 0 Å². The average Bonchev–Trinajstić information content (AvgIpc) is 2.47. The first-order chi connectivity index (χ1) is 9.91. The normalized spacial score (nSPS) is 11.4. The number of allylic oxidation sites excluding steroid dienone is 1. The summed E-state index contributed by atoms with van der Waals surface area (Å²) in [7, 11) is 0. The summed E-state index contributed by atoms with van der Waals surface area (Å²) in [6, 6.07) is 0. The van der Waals surface area contributed by atoms with Crippen molar-refractivity contribution in [2.75, 3.05) is 0 Å². The van der Waals surface area contributed by atoms with Crippen molar-refractivity contribution in [1.29, 1.82) is 0 Å². The van der Waals surface area contributed by atoms with Crippen molar-refractivity contribution in [2.45, 2.75) is 110 Å². The van der Waals surface area contributed by atoms with Crippen LogP contribution in [-0.2, 0) is 0 Å². The molecule has 0 aliphatic carbocycles. The number of hydrogen-bond acceptors (Lipinski definition) is 0. The summed E-state index contributed by atoms with van der Waals surface area (Å²) in [5.41, 5.74) is 0. The molecule has 0 nitrogen and oxygen atoms in total. The summed E-state index contributed by atoms with van der Waals surface area (Å²) < 4.78 is 0. The summed E-state index contributed by atoms with van der Waals surface area (Å²) >= 11 is 4.78. The predicted molar refractivity (Wildman–Crippen MR) is 96.3 cm³/mol. The van der Waals surface area contributed by atoms with E-state index < -0.39 is 0 Å². The molecule has 0 atom stereocenters. The molecule has 0 rings (SSSR count). The zero-order chi connectivity index (χ0) is 14.7. The van der Waals surface area contributed by atoms with Crippen LogP contribution in [0.5, 0.6) is 0 Å². The second-order valence-electron chi connectivity index (χ2n) is 6.11. The maximum atomic E-state index is 4.78. The van der Waals surface area contributed by atoms with E-state index in [2.05, 4.69) is 13.0 Å². The van der Waals surface area contributed by atoms with Gasteiger partial charge in [-0.25, -0.2) is 0 Å². The molecule has 0 fully saturated rings. The molecule has 0 saturated heterocycles. The lowest BCUT2D eigenvalue weighted by molar-refractivity contribution is 0.533. The van der Waals surface area contributed by atoms with Gasteiger partial charge in [-0.15, -0.1) is 0 Å². The van der Waals surface area contributed by atoms with E-state index in [1.165, 1.54) is 103 Å². The van der Waals surface area contributed by atoms with Crippen molar-refractivity contribution >= 4 is 12.6 Å². The van der Waals surface area contributed by atoms with E-state index in [1.807, 2.05) is 0 Å². The van der Waals surface area contributed by atoms with Crippen LogP contribution in [0.4, 0.5) is 0 Å². The van der Waals surface area contributed by atoms with E-state index in [0.717, 1.165) is 0 Å². The van der Waals surface area contributed by atoms with Crippen LogP contribution >= 0.6 is 12.6 Å². The van der Waals surface area contributed by atoms with Gasteiger partial charge in [0.15, 0.2) is 0 Å². The topological polar surface area (TPSA) is 0 Å². The molecule has 1 heteroatoms. The minimum Gasteiger partial charge on any atom is -0.0891 e. The van der Waals surface area contributed by atoms with Gasteiger partial charge in [0.25, 0.3) is 0 Å². The van der Waals surface area contributed by atoms with Crippen LogP contribution in [0, 0.1) is 0 Å². The third kappa shape index (κ3) is 18.0. The Morgan fingerprint density at radius 2 is 0.900 bits per heavy atom. The fourth-order valence-electron chi connectivity index (χ4n) is 2.70. The molecule has 1 radical (unpaired) electrons. The molecular formula is C19H37S. The Kier molecular flexibility index (Phi) is 18.9. The van der Waals surface area contributed by atoms with E-state index in [4.69, 9.17) is 12.6 Å². The predicted octanol–water partition coefficient (Wildman–Crippen LogP) is 7.96. The molecule has 0 aromatic heterocycles. The van der Waals surface area contributed by atoms with Crippen LogP contribution < -0.4 is 0 Å². The van der Waals surface area contributed by atoms with Crippen LogP contribution in [-0.4, -0.2) is 0 Å². The third-order valence-corrected chi connectivity index (χ3v) is 4.26. The van der Waals surface area contributed by atoms with E-state index >= 15 is 0 Å². The molecule has 0 aromatic carbocycles. The highest BCUT2D eigenvalue weighted by Crippen LogP contribution is 2.13. The Morgan fingerprint density at radius 1 is 0.550 bits per heavy atom. The van der Waals surface area contributed by atoms with Gasteiger partial charge in [-0.3, -0.25) is 0 Å². The second-order valence-corrected chi connectivity index (χ2v) is 6.38. The molecule has 0 spiro atoms. The SMILES string of the molecule is CCCCCCCCCCCCCCCCC/C=C/[S]. The Bertz CT molecular complexity index is 186. The first-order valence-corrected chi connectivity index (χ1v) is 9.66. The molecule has 20 heavy (non-hydrogen) atoms. The van der Waals surface area contributed by atoms with E-state index in [9.17, 15) is 0 Å². The second kappa shape index (κ2) is 19.0. The summed E-state index contributed by atoms with van der Waals surface area (Å²) in [6.07, 6.45) is 24.8. The van der Waals surface area contributed by atoms with Crippen LogP contribution in [0.25, 0.3) is 0 Å². The minimum absolute atomic E-state index is 1.18. The molecule has 0 amide bonds. The first kappa shape index (κ1) is 20.0. The molecule has 0 heterocycles. The Hall–Kier alpha value is -0.0400. The summed E-state index contributed by atoms with van der Waals surface area (Å²) in [6.45, 7) is 2.29. The fraction of sp³-hybridized carbons (Fsp3) is 0.895. The van der Waals surface area contributed by atoms with Crippen molar-refractivity contribution in [2.24, 2.45) is 0 Å². The van der Waals surface area contributed by atoms with Gasteiger partial charge in [-0.05, 0) is 18.2 Å². The van der Waals surface area contributed by atoms with Gasteiger partial charge in [-0.2, -0.15) is 0 Å². The molecule has 0 aliphatic heterocycles. The molecular weight excluding hydrogens is 260 g/mol. The standard InChI is InChI=1S/C19H37S/c1-2-3-4-5-6-7-8-9-10-11-12-13-14-15-16-17-18-19-20/h18-19H,2-17H2,1H3/b19-18+. The highest BCUT2D eigenvalue weighted by atomic mass is 32.1. The lowest BCUT2D eigenvalue weighted by Crippen LogP contribution is -1.83. The lowest BCUT2D eigenvalue weighted by Gasteiger charge is -2.03. The quantitative estimate of drug-likeness (QED) is 0.253. The van der Waals surface area contributed by atoms with Gasteiger partial charge >= 0.3 is 0 Å². The lowest BCUT2D eigenvalue weighted by atomic mass is 10.0. The highest BCUT2D eigenvalue weighted by Gasteiger charge is 1.93. The van der Waals surface area contributed by atoms with Crippen molar-refractivity contribution in [1.82, 2.24) is 0 Å². The van der Waals surface area contributed by atoms with Gasteiger partial charge < -0.3 is 0 Å². The van der Waals surface area contributed by atoms with Gasteiger partial charge in [0.2, 0.25) is 0 Å². The Morgan fingerprint density at radius 3 is 1.25 bits per heavy atom. The van der Waals surface area contributed by atoms with Gasteiger partial charge in [0.05, 0.1) is 0 Å². The van der Waals surface area contributed by atoms with Gasteiger partial charge in [0.1, 0.15) is 0 Å². The summed E-state index contributed by atoms with van der Waals surface area (Å²) in [4.78, 5) is 0. The van der Waals surface area contributed by atoms with Gasteiger partial charge in [-0.1, -0.05) is 116 Å². The van der Waals surface area contributed by atoms with Crippen LogP contribution in [0.2, 0.25) is 0 Å². The smallest absolute Gasteiger partial charge is 0.00265 e. The van der Waals surface area contributed by atoms with Crippen LogP contribution in [0.3, 0.4) is 0 Å². The van der Waals surface area contributed by atoms with Crippen molar-refractivity contribution in [3.8, 4) is 0 Å². The zero-order valence-electron chi connectivity index (χ0n) is 13.9. The number of rotatable bonds is 16. The van der Waals surface area contributed by atoms with E-state index in [1.54, 1.807) is 5.41 Å². The zero-order valence-corrected chi connectivity index (χ0v) is 14.7. The number of unbranched alkanes of at least 4 members (excludes halogenated alkanes) is 15. The van der Waals surface area contributed by atoms with Crippen molar-refractivity contribution in [3.05, 3.63) is 11.5 Å². The first-order valence-electron chi connectivity index (χ1n) is 9.18. The molecule has 0 bridgehead atoms. The molecule has 0 N–H and O–H groups in total. The Labute approximate surface area is 134 Å². The summed E-state index contributed by atoms with van der Waals surface area (Å²) in [5, 5.41) is 1.75. The third-order valence-electron chi connectivity index (χ3n) is 4.07. The van der Waals surface area contributed by atoms with Crippen LogP contribution in [0.1, 0.15) is 110 Å². The highest BCUT2D eigenvalue weighted by molar-refractivity contribution is 7.83. The Balaban J connectivity index is 2.92. The maximum Gasteiger partial charge on any atom is -0.00265 e. The molecule has 0 aliphatic rings. The largest absolute Gasteiger partial charge is 0.0891 e. The minimum atomic E-state index is 1.18. The average molecular weight is 298 g/mol. The van der Waals surface area contributed by atoms with Crippen molar-refractivity contribution in [3.63, 3.8) is 0 Å². The fourth-order valence-corrected chi connectivity index (χ4v) is 2.84. The summed E-state index contributed by atoms with van der Waals surface area (Å²) in [5.74, 6) is 0. The van der Waals surface area contributed by atoms with Crippen LogP contribution in [0.15, 0.2) is 11.5 Å². The monoisotopic (exact) mass is 297 g/mol.